The normalized spacial score (nSPS) is 12.0. The minimum absolute atomic E-state index is 0.188. The molecule has 1 rings (SSSR count). The molecule has 0 atom stereocenters. The van der Waals surface area contributed by atoms with Crippen LogP contribution < -0.4 is 5.32 Å². The van der Waals surface area contributed by atoms with E-state index in [1.165, 1.54) is 0 Å². The molecular formula is C12H16F4IN3O. The van der Waals surface area contributed by atoms with E-state index < -0.39 is 19.0 Å². The third kappa shape index (κ3) is 5.20. The SMILES string of the molecule is CCCc1nc(COCC(F)(F)C(F)F)nc(NC)c1I. The molecular weight excluding hydrogens is 405 g/mol. The number of nitrogens with one attached hydrogen (secondary N) is 1. The zero-order chi connectivity index (χ0) is 16.0. The van der Waals surface area contributed by atoms with Crippen LogP contribution in [0.5, 0.6) is 0 Å². The molecule has 0 saturated carbocycles. The average Bonchev–Trinajstić information content (AvgIpc) is 2.42. The Morgan fingerprint density at radius 2 is 2.00 bits per heavy atom. The third-order valence-corrected chi connectivity index (χ3v) is 3.67. The van der Waals surface area contributed by atoms with Gasteiger partial charge in [-0.2, -0.15) is 8.78 Å². The van der Waals surface area contributed by atoms with Gasteiger partial charge in [-0.1, -0.05) is 13.3 Å². The molecule has 0 aliphatic rings. The van der Waals surface area contributed by atoms with Crippen LogP contribution in [-0.4, -0.2) is 36.0 Å². The molecule has 1 aromatic heterocycles. The summed E-state index contributed by atoms with van der Waals surface area (Å²) in [6.45, 7) is 0.277. The second-order valence-electron chi connectivity index (χ2n) is 4.30. The highest BCUT2D eigenvalue weighted by Gasteiger charge is 2.41. The predicted octanol–water partition coefficient (Wildman–Crippen LogP) is 3.49. The summed E-state index contributed by atoms with van der Waals surface area (Å²) in [6, 6.07) is 0. The summed E-state index contributed by atoms with van der Waals surface area (Å²) in [4.78, 5) is 8.33. The van der Waals surface area contributed by atoms with Gasteiger partial charge in [-0.3, -0.25) is 0 Å². The first-order valence-electron chi connectivity index (χ1n) is 6.28. The van der Waals surface area contributed by atoms with E-state index in [1.54, 1.807) is 7.05 Å². The molecule has 0 spiro atoms. The number of aromatic nitrogens is 2. The number of nitrogens with zero attached hydrogens (tertiary/aromatic N) is 2. The highest BCUT2D eigenvalue weighted by atomic mass is 127. The maximum Gasteiger partial charge on any atom is 0.330 e. The van der Waals surface area contributed by atoms with Crippen molar-refractivity contribution in [3.8, 4) is 0 Å². The molecule has 0 aliphatic heterocycles. The summed E-state index contributed by atoms with van der Waals surface area (Å²) in [5, 5.41) is 2.88. The van der Waals surface area contributed by atoms with Crippen molar-refractivity contribution in [3.05, 3.63) is 15.1 Å². The van der Waals surface area contributed by atoms with Crippen LogP contribution in [0.15, 0.2) is 0 Å². The van der Waals surface area contributed by atoms with Gasteiger partial charge in [0, 0.05) is 7.05 Å². The Balaban J connectivity index is 2.77. The zero-order valence-electron chi connectivity index (χ0n) is 11.6. The molecule has 21 heavy (non-hydrogen) atoms. The molecule has 0 radical (unpaired) electrons. The Morgan fingerprint density at radius 3 is 2.52 bits per heavy atom. The first kappa shape index (κ1) is 18.3. The van der Waals surface area contributed by atoms with E-state index in [1.807, 2.05) is 6.92 Å². The molecule has 0 aromatic carbocycles. The fourth-order valence-corrected chi connectivity index (χ4v) is 2.30. The van der Waals surface area contributed by atoms with Crippen LogP contribution in [0.4, 0.5) is 23.4 Å². The monoisotopic (exact) mass is 421 g/mol. The van der Waals surface area contributed by atoms with Crippen LogP contribution in [0.2, 0.25) is 0 Å². The molecule has 0 aliphatic carbocycles. The lowest BCUT2D eigenvalue weighted by Gasteiger charge is -2.15. The number of rotatable bonds is 8. The molecule has 1 heterocycles. The number of ether oxygens (including phenoxy) is 1. The van der Waals surface area contributed by atoms with E-state index in [9.17, 15) is 17.6 Å². The van der Waals surface area contributed by atoms with Crippen molar-refractivity contribution in [2.24, 2.45) is 0 Å². The topological polar surface area (TPSA) is 47.0 Å². The minimum atomic E-state index is -4.17. The van der Waals surface area contributed by atoms with Crippen molar-refractivity contribution >= 4 is 28.4 Å². The number of halogens is 5. The van der Waals surface area contributed by atoms with Gasteiger partial charge in [-0.15, -0.1) is 0 Å². The molecule has 1 N–H and O–H groups in total. The van der Waals surface area contributed by atoms with Gasteiger partial charge in [0.05, 0.1) is 9.26 Å². The van der Waals surface area contributed by atoms with Gasteiger partial charge in [-0.25, -0.2) is 18.7 Å². The smallest absolute Gasteiger partial charge is 0.330 e. The van der Waals surface area contributed by atoms with E-state index >= 15 is 0 Å². The van der Waals surface area contributed by atoms with Crippen LogP contribution in [0, 0.1) is 3.57 Å². The van der Waals surface area contributed by atoms with Gasteiger partial charge in [0.25, 0.3) is 0 Å². The predicted molar refractivity (Wildman–Crippen MR) is 78.9 cm³/mol. The Labute approximate surface area is 133 Å². The second-order valence-corrected chi connectivity index (χ2v) is 5.38. The van der Waals surface area contributed by atoms with Gasteiger partial charge in [0.2, 0.25) is 0 Å². The summed E-state index contributed by atoms with van der Waals surface area (Å²) in [5.74, 6) is -3.41. The average molecular weight is 421 g/mol. The Morgan fingerprint density at radius 1 is 1.33 bits per heavy atom. The molecule has 0 unspecified atom stereocenters. The van der Waals surface area contributed by atoms with Crippen LogP contribution in [-0.2, 0) is 17.8 Å². The first-order chi connectivity index (χ1) is 9.81. The van der Waals surface area contributed by atoms with Crippen molar-refractivity contribution in [1.29, 1.82) is 0 Å². The Bertz CT molecular complexity index is 474. The molecule has 0 amide bonds. The first-order valence-corrected chi connectivity index (χ1v) is 7.36. The third-order valence-electron chi connectivity index (χ3n) is 2.53. The number of aryl methyl sites for hydroxylation is 1. The maximum atomic E-state index is 12.7. The van der Waals surface area contributed by atoms with Gasteiger partial charge in [0.15, 0.2) is 5.82 Å². The summed E-state index contributed by atoms with van der Waals surface area (Å²) < 4.78 is 54.9. The minimum Gasteiger partial charge on any atom is -0.372 e. The van der Waals surface area contributed by atoms with Gasteiger partial charge in [0.1, 0.15) is 19.0 Å². The van der Waals surface area contributed by atoms with Crippen molar-refractivity contribution in [2.45, 2.75) is 38.7 Å². The second kappa shape index (κ2) is 8.06. The number of anilines is 1. The van der Waals surface area contributed by atoms with Gasteiger partial charge < -0.3 is 10.1 Å². The van der Waals surface area contributed by atoms with E-state index in [0.29, 0.717) is 12.2 Å². The molecule has 4 nitrogen and oxygen atoms in total. The number of hydrogen-bond acceptors (Lipinski definition) is 4. The summed E-state index contributed by atoms with van der Waals surface area (Å²) >= 11 is 2.09. The highest BCUT2D eigenvalue weighted by Crippen LogP contribution is 2.24. The number of alkyl halides is 4. The van der Waals surface area contributed by atoms with E-state index in [2.05, 4.69) is 42.6 Å². The fourth-order valence-electron chi connectivity index (χ4n) is 1.52. The van der Waals surface area contributed by atoms with E-state index in [4.69, 9.17) is 0 Å². The summed E-state index contributed by atoms with van der Waals surface area (Å²) in [6.07, 6.45) is -2.19. The number of hydrogen-bond donors (Lipinski definition) is 1. The van der Waals surface area contributed by atoms with Crippen molar-refractivity contribution < 1.29 is 22.3 Å². The van der Waals surface area contributed by atoms with Crippen molar-refractivity contribution in [3.63, 3.8) is 0 Å². The molecule has 9 heteroatoms. The van der Waals surface area contributed by atoms with Crippen molar-refractivity contribution in [1.82, 2.24) is 9.97 Å². The van der Waals surface area contributed by atoms with Crippen molar-refractivity contribution in [2.75, 3.05) is 19.0 Å². The van der Waals surface area contributed by atoms with Crippen LogP contribution >= 0.6 is 22.6 Å². The molecule has 120 valence electrons. The summed E-state index contributed by atoms with van der Waals surface area (Å²) in [5.41, 5.74) is 0.775. The lowest BCUT2D eigenvalue weighted by atomic mass is 10.2. The lowest BCUT2D eigenvalue weighted by molar-refractivity contribution is -0.168. The van der Waals surface area contributed by atoms with Crippen LogP contribution in [0.25, 0.3) is 0 Å². The standard InChI is InChI=1S/C12H16F4IN3O/c1-3-4-7-9(17)10(18-2)20-8(19-7)5-21-6-12(15,16)11(13)14/h11H,3-6H2,1-2H3,(H,18,19,20). The summed E-state index contributed by atoms with van der Waals surface area (Å²) in [7, 11) is 1.68. The maximum absolute atomic E-state index is 12.7. The quantitative estimate of drug-likeness (QED) is 0.516. The van der Waals surface area contributed by atoms with Crippen LogP contribution in [0.3, 0.4) is 0 Å². The lowest BCUT2D eigenvalue weighted by Crippen LogP contribution is -2.32. The molecule has 0 fully saturated rings. The Kier molecular flexibility index (Phi) is 7.04. The fraction of sp³-hybridized carbons (Fsp3) is 0.667. The van der Waals surface area contributed by atoms with Crippen LogP contribution in [0.1, 0.15) is 24.9 Å². The molecule has 1 aromatic rings. The Hall–Kier alpha value is -0.710. The molecule has 0 bridgehead atoms. The van der Waals surface area contributed by atoms with E-state index in [-0.39, 0.29) is 12.4 Å². The van der Waals surface area contributed by atoms with E-state index in [0.717, 1.165) is 15.7 Å². The largest absolute Gasteiger partial charge is 0.372 e. The highest BCUT2D eigenvalue weighted by molar-refractivity contribution is 14.1. The van der Waals surface area contributed by atoms with Gasteiger partial charge in [-0.05, 0) is 29.0 Å². The molecule has 0 saturated heterocycles. The zero-order valence-corrected chi connectivity index (χ0v) is 13.8. The van der Waals surface area contributed by atoms with Gasteiger partial charge >= 0.3 is 12.3 Å².